The van der Waals surface area contributed by atoms with Crippen LogP contribution in [-0.4, -0.2) is 27.1 Å². The summed E-state index contributed by atoms with van der Waals surface area (Å²) < 4.78 is 5.46. The highest BCUT2D eigenvalue weighted by atomic mass is 16.5. The number of nitrogens with one attached hydrogen (secondary N) is 2. The highest BCUT2D eigenvalue weighted by Crippen LogP contribution is 2.14. The van der Waals surface area contributed by atoms with Gasteiger partial charge >= 0.3 is 6.01 Å². The first-order chi connectivity index (χ1) is 8.90. The van der Waals surface area contributed by atoms with E-state index < -0.39 is 0 Å². The van der Waals surface area contributed by atoms with Gasteiger partial charge in [-0.25, -0.2) is 5.84 Å². The summed E-state index contributed by atoms with van der Waals surface area (Å²) in [6.07, 6.45) is 1.02. The molecule has 4 N–H and O–H groups in total. The number of nitrogens with two attached hydrogens (primary N) is 1. The van der Waals surface area contributed by atoms with Gasteiger partial charge in [0.1, 0.15) is 0 Å². The molecule has 1 rings (SSSR count). The Hall–Kier alpha value is -1.63. The number of hydrazine groups is 1. The molecule has 1 atom stereocenters. The Morgan fingerprint density at radius 2 is 1.68 bits per heavy atom. The van der Waals surface area contributed by atoms with Crippen molar-refractivity contribution in [2.24, 2.45) is 11.8 Å². The SMILES string of the molecule is CC(C)CC(C)Nc1nc(NN)nc(OC(C)C)n1. The van der Waals surface area contributed by atoms with Crippen LogP contribution in [0, 0.1) is 5.92 Å². The molecule has 1 heterocycles. The topological polar surface area (TPSA) is 98.0 Å². The van der Waals surface area contributed by atoms with E-state index in [0.717, 1.165) is 6.42 Å². The molecular weight excluding hydrogens is 244 g/mol. The van der Waals surface area contributed by atoms with Crippen molar-refractivity contribution in [3.05, 3.63) is 0 Å². The molecule has 0 aromatic carbocycles. The lowest BCUT2D eigenvalue weighted by Crippen LogP contribution is -2.21. The third-order valence-electron chi connectivity index (χ3n) is 2.29. The van der Waals surface area contributed by atoms with Gasteiger partial charge in [-0.05, 0) is 33.1 Å². The first kappa shape index (κ1) is 15.4. The summed E-state index contributed by atoms with van der Waals surface area (Å²) in [6.45, 7) is 10.3. The van der Waals surface area contributed by atoms with Crippen LogP contribution in [0.1, 0.15) is 41.0 Å². The smallest absolute Gasteiger partial charge is 0.323 e. The lowest BCUT2D eigenvalue weighted by molar-refractivity contribution is 0.222. The third kappa shape index (κ3) is 5.69. The van der Waals surface area contributed by atoms with Crippen molar-refractivity contribution in [3.63, 3.8) is 0 Å². The molecule has 0 aliphatic carbocycles. The number of hydrogen-bond acceptors (Lipinski definition) is 7. The van der Waals surface area contributed by atoms with Crippen molar-refractivity contribution in [3.8, 4) is 6.01 Å². The van der Waals surface area contributed by atoms with Crippen molar-refractivity contribution >= 4 is 11.9 Å². The number of nitrogens with zero attached hydrogens (tertiary/aromatic N) is 3. The Balaban J connectivity index is 2.81. The van der Waals surface area contributed by atoms with Crippen LogP contribution in [0.3, 0.4) is 0 Å². The molecule has 0 fully saturated rings. The van der Waals surface area contributed by atoms with Crippen LogP contribution in [0.4, 0.5) is 11.9 Å². The summed E-state index contributed by atoms with van der Waals surface area (Å²) in [5.41, 5.74) is 2.41. The van der Waals surface area contributed by atoms with E-state index in [2.05, 4.69) is 46.5 Å². The lowest BCUT2D eigenvalue weighted by atomic mass is 10.1. The van der Waals surface area contributed by atoms with E-state index >= 15 is 0 Å². The van der Waals surface area contributed by atoms with E-state index in [-0.39, 0.29) is 24.1 Å². The number of anilines is 2. The van der Waals surface area contributed by atoms with Crippen molar-refractivity contribution in [1.82, 2.24) is 15.0 Å². The standard InChI is InChI=1S/C12H24N6O/c1-7(2)6-9(5)14-10-15-11(18-13)17-12(16-10)19-8(3)4/h7-9H,6,13H2,1-5H3,(H2,14,15,16,17,18). The minimum absolute atomic E-state index is 0.00559. The predicted molar refractivity (Wildman–Crippen MR) is 75.9 cm³/mol. The number of ether oxygens (including phenoxy) is 1. The van der Waals surface area contributed by atoms with Gasteiger partial charge in [0.05, 0.1) is 6.10 Å². The Bertz CT molecular complexity index is 396. The molecule has 0 aliphatic heterocycles. The summed E-state index contributed by atoms with van der Waals surface area (Å²) >= 11 is 0. The number of rotatable bonds is 7. The van der Waals surface area contributed by atoms with Crippen molar-refractivity contribution in [2.45, 2.75) is 53.2 Å². The van der Waals surface area contributed by atoms with E-state index in [1.165, 1.54) is 0 Å². The predicted octanol–water partition coefficient (Wildman–Crippen LogP) is 1.79. The second-order valence-electron chi connectivity index (χ2n) is 5.25. The second kappa shape index (κ2) is 7.08. The molecule has 0 saturated carbocycles. The summed E-state index contributed by atoms with van der Waals surface area (Å²) in [4.78, 5) is 12.4. The van der Waals surface area contributed by atoms with E-state index in [4.69, 9.17) is 10.6 Å². The molecule has 0 spiro atoms. The van der Waals surface area contributed by atoms with Crippen LogP contribution in [0.2, 0.25) is 0 Å². The van der Waals surface area contributed by atoms with Crippen LogP contribution in [-0.2, 0) is 0 Å². The zero-order chi connectivity index (χ0) is 14.4. The quantitative estimate of drug-likeness (QED) is 0.512. The normalized spacial score (nSPS) is 12.6. The van der Waals surface area contributed by atoms with Gasteiger partial charge in [0.2, 0.25) is 11.9 Å². The van der Waals surface area contributed by atoms with Crippen LogP contribution in [0.15, 0.2) is 0 Å². The van der Waals surface area contributed by atoms with Crippen molar-refractivity contribution in [2.75, 3.05) is 10.7 Å². The molecule has 0 amide bonds. The van der Waals surface area contributed by atoms with Crippen LogP contribution in [0.5, 0.6) is 6.01 Å². The summed E-state index contributed by atoms with van der Waals surface area (Å²) in [7, 11) is 0. The number of aromatic nitrogens is 3. The van der Waals surface area contributed by atoms with Gasteiger partial charge in [-0.15, -0.1) is 0 Å². The first-order valence-electron chi connectivity index (χ1n) is 6.56. The largest absolute Gasteiger partial charge is 0.461 e. The maximum atomic E-state index is 5.46. The monoisotopic (exact) mass is 268 g/mol. The van der Waals surface area contributed by atoms with E-state index in [1.807, 2.05) is 13.8 Å². The molecule has 7 heteroatoms. The molecule has 0 radical (unpaired) electrons. The molecule has 0 saturated heterocycles. The van der Waals surface area contributed by atoms with Gasteiger partial charge < -0.3 is 10.1 Å². The highest BCUT2D eigenvalue weighted by Gasteiger charge is 2.11. The lowest BCUT2D eigenvalue weighted by Gasteiger charge is -2.17. The molecular formula is C12H24N6O. The van der Waals surface area contributed by atoms with Gasteiger partial charge in [0.25, 0.3) is 0 Å². The van der Waals surface area contributed by atoms with Gasteiger partial charge in [0.15, 0.2) is 0 Å². The van der Waals surface area contributed by atoms with Gasteiger partial charge in [-0.1, -0.05) is 13.8 Å². The molecule has 0 aliphatic rings. The molecule has 1 aromatic heterocycles. The number of nitrogen functional groups attached to an aromatic ring is 1. The molecule has 19 heavy (non-hydrogen) atoms. The molecule has 7 nitrogen and oxygen atoms in total. The fourth-order valence-electron chi connectivity index (χ4n) is 1.74. The highest BCUT2D eigenvalue weighted by molar-refractivity contribution is 5.35. The molecule has 108 valence electrons. The Morgan fingerprint density at radius 3 is 2.21 bits per heavy atom. The fourth-order valence-corrected chi connectivity index (χ4v) is 1.74. The zero-order valence-electron chi connectivity index (χ0n) is 12.3. The maximum absolute atomic E-state index is 5.46. The minimum atomic E-state index is -0.00559. The van der Waals surface area contributed by atoms with Gasteiger partial charge in [-0.3, -0.25) is 5.43 Å². The van der Waals surface area contributed by atoms with E-state index in [9.17, 15) is 0 Å². The molecule has 0 bridgehead atoms. The van der Waals surface area contributed by atoms with E-state index in [1.54, 1.807) is 0 Å². The molecule has 1 unspecified atom stereocenters. The molecule has 1 aromatic rings. The Labute approximate surface area is 114 Å². The summed E-state index contributed by atoms with van der Waals surface area (Å²) in [5.74, 6) is 6.69. The van der Waals surface area contributed by atoms with Gasteiger partial charge in [-0.2, -0.15) is 15.0 Å². The summed E-state index contributed by atoms with van der Waals surface area (Å²) in [5, 5.41) is 3.22. The maximum Gasteiger partial charge on any atom is 0.323 e. The van der Waals surface area contributed by atoms with Gasteiger partial charge in [0, 0.05) is 6.04 Å². The van der Waals surface area contributed by atoms with E-state index in [0.29, 0.717) is 11.9 Å². The first-order valence-corrected chi connectivity index (χ1v) is 6.56. The number of hydrogen-bond donors (Lipinski definition) is 3. The second-order valence-corrected chi connectivity index (χ2v) is 5.25. The van der Waals surface area contributed by atoms with Crippen molar-refractivity contribution in [1.29, 1.82) is 0 Å². The zero-order valence-corrected chi connectivity index (χ0v) is 12.3. The van der Waals surface area contributed by atoms with Crippen molar-refractivity contribution < 1.29 is 4.74 Å². The Morgan fingerprint density at radius 1 is 1.05 bits per heavy atom. The average Bonchev–Trinajstić information content (AvgIpc) is 2.26. The Kier molecular flexibility index (Phi) is 5.75. The fraction of sp³-hybridized carbons (Fsp3) is 0.750. The minimum Gasteiger partial charge on any atom is -0.461 e. The van der Waals surface area contributed by atoms with Crippen LogP contribution >= 0.6 is 0 Å². The van der Waals surface area contributed by atoms with Crippen LogP contribution in [0.25, 0.3) is 0 Å². The third-order valence-corrected chi connectivity index (χ3v) is 2.29. The average molecular weight is 268 g/mol. The van der Waals surface area contributed by atoms with Crippen LogP contribution < -0.4 is 21.3 Å². The summed E-state index contributed by atoms with van der Waals surface area (Å²) in [6, 6.07) is 0.525.